The average molecular weight is 348 g/mol. The number of hydrogen-bond donors (Lipinski definition) is 1. The molecule has 1 N–H and O–H groups in total. The highest BCUT2D eigenvalue weighted by atomic mass is 35.5. The molecular formula is C16H14ClN3O2S. The van der Waals surface area contributed by atoms with Crippen LogP contribution in [0.1, 0.15) is 26.6 Å². The van der Waals surface area contributed by atoms with Gasteiger partial charge in [0.15, 0.2) is 4.96 Å². The third-order valence-electron chi connectivity index (χ3n) is 3.46. The molecule has 3 aromatic rings. The molecule has 0 atom stereocenters. The van der Waals surface area contributed by atoms with Crippen LogP contribution in [0.4, 0.5) is 0 Å². The summed E-state index contributed by atoms with van der Waals surface area (Å²) in [5.74, 6) is -0.291. The molecule has 0 radical (unpaired) electrons. The molecule has 0 saturated heterocycles. The lowest BCUT2D eigenvalue weighted by Gasteiger charge is -2.04. The van der Waals surface area contributed by atoms with E-state index in [-0.39, 0.29) is 11.5 Å². The number of amides is 1. The summed E-state index contributed by atoms with van der Waals surface area (Å²) in [6.45, 7) is 1.81. The summed E-state index contributed by atoms with van der Waals surface area (Å²) in [6, 6.07) is 8.91. The molecule has 3 rings (SSSR count). The Morgan fingerprint density at radius 1 is 1.39 bits per heavy atom. The highest BCUT2D eigenvalue weighted by Gasteiger charge is 2.18. The first kappa shape index (κ1) is 15.7. The van der Waals surface area contributed by atoms with E-state index >= 15 is 0 Å². The SMILES string of the molecule is CNC(=O)c1c(C)sc2nc(Cc3cccc(Cl)c3)cc(=O)n12. The molecule has 0 unspecified atom stereocenters. The van der Waals surface area contributed by atoms with Gasteiger partial charge in [0.05, 0.1) is 5.69 Å². The fraction of sp³-hybridized carbons (Fsp3) is 0.188. The maximum atomic E-state index is 12.4. The van der Waals surface area contributed by atoms with Crippen molar-refractivity contribution in [2.75, 3.05) is 7.05 Å². The van der Waals surface area contributed by atoms with Gasteiger partial charge in [-0.25, -0.2) is 9.38 Å². The van der Waals surface area contributed by atoms with Crippen molar-refractivity contribution in [3.05, 3.63) is 67.5 Å². The van der Waals surface area contributed by atoms with Crippen LogP contribution >= 0.6 is 22.9 Å². The zero-order valence-corrected chi connectivity index (χ0v) is 14.2. The van der Waals surface area contributed by atoms with Crippen LogP contribution in [0.25, 0.3) is 4.96 Å². The number of aromatic nitrogens is 2. The Labute approximate surface area is 141 Å². The van der Waals surface area contributed by atoms with Gasteiger partial charge in [0, 0.05) is 29.4 Å². The lowest BCUT2D eigenvalue weighted by molar-refractivity contribution is 0.0956. The minimum atomic E-state index is -0.291. The van der Waals surface area contributed by atoms with E-state index in [2.05, 4.69) is 10.3 Å². The number of rotatable bonds is 3. The fourth-order valence-corrected chi connectivity index (χ4v) is 3.65. The van der Waals surface area contributed by atoms with Crippen molar-refractivity contribution < 1.29 is 4.79 Å². The van der Waals surface area contributed by atoms with Crippen molar-refractivity contribution in [2.24, 2.45) is 0 Å². The Morgan fingerprint density at radius 2 is 2.17 bits per heavy atom. The monoisotopic (exact) mass is 347 g/mol. The lowest BCUT2D eigenvalue weighted by Crippen LogP contribution is -2.25. The van der Waals surface area contributed by atoms with Crippen molar-refractivity contribution >= 4 is 33.8 Å². The summed E-state index contributed by atoms with van der Waals surface area (Å²) in [7, 11) is 1.54. The summed E-state index contributed by atoms with van der Waals surface area (Å²) < 4.78 is 1.36. The van der Waals surface area contributed by atoms with Crippen molar-refractivity contribution in [2.45, 2.75) is 13.3 Å². The molecule has 0 aliphatic carbocycles. The third kappa shape index (κ3) is 3.00. The molecule has 1 aromatic carbocycles. The standard InChI is InChI=1S/C16H14ClN3O2S/c1-9-14(15(22)18-2)20-13(21)8-12(19-16(20)23-9)7-10-4-3-5-11(17)6-10/h3-6,8H,7H2,1-2H3,(H,18,22). The Morgan fingerprint density at radius 3 is 2.87 bits per heavy atom. The average Bonchev–Trinajstić information content (AvgIpc) is 2.83. The van der Waals surface area contributed by atoms with E-state index in [1.165, 1.54) is 28.9 Å². The molecule has 0 saturated carbocycles. The van der Waals surface area contributed by atoms with Crippen LogP contribution in [0.2, 0.25) is 5.02 Å². The number of fused-ring (bicyclic) bond motifs is 1. The normalized spacial score (nSPS) is 10.9. The van der Waals surface area contributed by atoms with Gasteiger partial charge in [0.1, 0.15) is 5.69 Å². The molecule has 0 fully saturated rings. The number of nitrogens with zero attached hydrogens (tertiary/aromatic N) is 2. The number of hydrogen-bond acceptors (Lipinski definition) is 4. The van der Waals surface area contributed by atoms with E-state index < -0.39 is 0 Å². The van der Waals surface area contributed by atoms with Gasteiger partial charge in [-0.05, 0) is 24.6 Å². The molecule has 0 aliphatic heterocycles. The van der Waals surface area contributed by atoms with Crippen LogP contribution in [0.15, 0.2) is 35.1 Å². The van der Waals surface area contributed by atoms with Crippen LogP contribution in [-0.4, -0.2) is 22.3 Å². The number of benzene rings is 1. The second-order valence-electron chi connectivity index (χ2n) is 5.10. The summed E-state index contributed by atoms with van der Waals surface area (Å²) >= 11 is 7.31. The first-order chi connectivity index (χ1) is 11.0. The maximum absolute atomic E-state index is 12.4. The molecule has 118 valence electrons. The van der Waals surface area contributed by atoms with E-state index in [9.17, 15) is 9.59 Å². The zero-order chi connectivity index (χ0) is 16.6. The summed E-state index contributed by atoms with van der Waals surface area (Å²) in [5, 5.41) is 3.20. The molecule has 2 aromatic heterocycles. The van der Waals surface area contributed by atoms with Gasteiger partial charge in [-0.2, -0.15) is 0 Å². The van der Waals surface area contributed by atoms with E-state index in [1.807, 2.05) is 18.2 Å². The second-order valence-corrected chi connectivity index (χ2v) is 6.71. The Balaban J connectivity index is 2.09. The predicted octanol–water partition coefficient (Wildman–Crippen LogP) is 2.67. The number of aryl methyl sites for hydroxylation is 1. The van der Waals surface area contributed by atoms with Gasteiger partial charge in [-0.3, -0.25) is 9.59 Å². The number of carbonyl (C=O) groups excluding carboxylic acids is 1. The van der Waals surface area contributed by atoms with Gasteiger partial charge in [0.2, 0.25) is 0 Å². The smallest absolute Gasteiger partial charge is 0.269 e. The molecule has 0 aliphatic rings. The van der Waals surface area contributed by atoms with Gasteiger partial charge < -0.3 is 5.32 Å². The van der Waals surface area contributed by atoms with Crippen molar-refractivity contribution in [3.63, 3.8) is 0 Å². The Bertz CT molecular complexity index is 962. The van der Waals surface area contributed by atoms with E-state index in [0.29, 0.717) is 27.8 Å². The van der Waals surface area contributed by atoms with Crippen LogP contribution in [-0.2, 0) is 6.42 Å². The van der Waals surface area contributed by atoms with Crippen LogP contribution in [0.3, 0.4) is 0 Å². The third-order valence-corrected chi connectivity index (χ3v) is 4.65. The van der Waals surface area contributed by atoms with Crippen molar-refractivity contribution in [1.82, 2.24) is 14.7 Å². The minimum absolute atomic E-state index is 0.255. The van der Waals surface area contributed by atoms with Gasteiger partial charge in [0.25, 0.3) is 11.5 Å². The largest absolute Gasteiger partial charge is 0.354 e. The molecule has 7 heteroatoms. The van der Waals surface area contributed by atoms with Crippen LogP contribution in [0, 0.1) is 6.92 Å². The number of halogens is 1. The maximum Gasteiger partial charge on any atom is 0.269 e. The number of thiazole rings is 1. The molecule has 1 amide bonds. The van der Waals surface area contributed by atoms with E-state index in [0.717, 1.165) is 10.4 Å². The quantitative estimate of drug-likeness (QED) is 0.792. The summed E-state index contributed by atoms with van der Waals surface area (Å²) in [4.78, 5) is 30.2. The first-order valence-corrected chi connectivity index (χ1v) is 8.17. The highest BCUT2D eigenvalue weighted by Crippen LogP contribution is 2.20. The van der Waals surface area contributed by atoms with E-state index in [4.69, 9.17) is 11.6 Å². The predicted molar refractivity (Wildman–Crippen MR) is 91.7 cm³/mol. The molecule has 0 spiro atoms. The molecular weight excluding hydrogens is 334 g/mol. The first-order valence-electron chi connectivity index (χ1n) is 6.98. The van der Waals surface area contributed by atoms with Crippen molar-refractivity contribution in [1.29, 1.82) is 0 Å². The van der Waals surface area contributed by atoms with Crippen LogP contribution in [0.5, 0.6) is 0 Å². The molecule has 23 heavy (non-hydrogen) atoms. The number of nitrogens with one attached hydrogen (secondary N) is 1. The van der Waals surface area contributed by atoms with Crippen LogP contribution < -0.4 is 10.9 Å². The second kappa shape index (κ2) is 6.14. The topological polar surface area (TPSA) is 63.5 Å². The number of carbonyl (C=O) groups is 1. The van der Waals surface area contributed by atoms with Crippen molar-refractivity contribution in [3.8, 4) is 0 Å². The molecule has 0 bridgehead atoms. The minimum Gasteiger partial charge on any atom is -0.354 e. The summed E-state index contributed by atoms with van der Waals surface area (Å²) in [6.07, 6.45) is 0.512. The Hall–Kier alpha value is -2.18. The fourth-order valence-electron chi connectivity index (χ4n) is 2.45. The Kier molecular flexibility index (Phi) is 4.19. The zero-order valence-electron chi connectivity index (χ0n) is 12.6. The highest BCUT2D eigenvalue weighted by molar-refractivity contribution is 7.17. The van der Waals surface area contributed by atoms with Gasteiger partial charge >= 0.3 is 0 Å². The van der Waals surface area contributed by atoms with E-state index in [1.54, 1.807) is 13.0 Å². The van der Waals surface area contributed by atoms with Gasteiger partial charge in [-0.1, -0.05) is 23.7 Å². The molecule has 2 heterocycles. The lowest BCUT2D eigenvalue weighted by atomic mass is 10.1. The summed E-state index contributed by atoms with van der Waals surface area (Å²) in [5.41, 5.74) is 1.73. The molecule has 5 nitrogen and oxygen atoms in total. The van der Waals surface area contributed by atoms with Gasteiger partial charge in [-0.15, -0.1) is 11.3 Å².